The molecule has 2 aliphatic carbocycles. The number of fused-ring (bicyclic) bond motifs is 1. The van der Waals surface area contributed by atoms with Crippen molar-refractivity contribution in [1.29, 1.82) is 0 Å². The zero-order valence-electron chi connectivity index (χ0n) is 31.6. The number of carbonyl (C=O) groups is 4. The summed E-state index contributed by atoms with van der Waals surface area (Å²) < 4.78 is 38.1. The predicted octanol–water partition coefficient (Wildman–Crippen LogP) is 3.73. The Bertz CT molecular complexity index is 2130. The van der Waals surface area contributed by atoms with Crippen molar-refractivity contribution in [2.75, 3.05) is 40.1 Å². The fourth-order valence-electron chi connectivity index (χ4n) is 7.42. The number of hydrogen-bond acceptors (Lipinski definition) is 17. The molecule has 0 amide bonds. The van der Waals surface area contributed by atoms with Crippen molar-refractivity contribution >= 4 is 63.7 Å². The quantitative estimate of drug-likeness (QED) is 0.0759. The Morgan fingerprint density at radius 3 is 1.14 bits per heavy atom. The van der Waals surface area contributed by atoms with Crippen LogP contribution in [0.5, 0.6) is 0 Å². The second kappa shape index (κ2) is 15.7. The zero-order chi connectivity index (χ0) is 41.5. The lowest BCUT2D eigenvalue weighted by atomic mass is 9.84. The molecule has 0 radical (unpaired) electrons. The molecule has 1 aliphatic heterocycles. The zero-order valence-corrected chi connectivity index (χ0v) is 31.6. The monoisotopic (exact) mass is 795 g/mol. The van der Waals surface area contributed by atoms with Crippen LogP contribution >= 0.6 is 0 Å². The van der Waals surface area contributed by atoms with Gasteiger partial charge in [-0.3, -0.25) is 0 Å². The molecule has 2 saturated carbocycles. The topological polar surface area (TPSA) is 306 Å². The molecule has 14 N–H and O–H groups in total. The number of anilines is 7. The molecule has 304 valence electrons. The summed E-state index contributed by atoms with van der Waals surface area (Å²) in [6.07, 6.45) is -5.76. The third kappa shape index (κ3) is 7.81. The van der Waals surface area contributed by atoms with E-state index in [9.17, 15) is 19.2 Å². The number of nitrogen functional groups attached to an aromatic ring is 7. The number of carbonyl (C=O) groups excluding carboxylic acids is 4. The van der Waals surface area contributed by atoms with Gasteiger partial charge in [0.2, 0.25) is 0 Å². The first-order chi connectivity index (χ1) is 27.6. The summed E-state index contributed by atoms with van der Waals surface area (Å²) in [7, 11) is 0. The van der Waals surface area contributed by atoms with Crippen molar-refractivity contribution in [3.05, 3.63) is 101 Å². The van der Waals surface area contributed by atoms with E-state index in [-0.39, 0.29) is 56.4 Å². The second-order valence-electron chi connectivity index (χ2n) is 14.7. The van der Waals surface area contributed by atoms with Crippen molar-refractivity contribution in [1.82, 2.24) is 0 Å². The molecule has 1 spiro atoms. The molecule has 58 heavy (non-hydrogen) atoms. The highest BCUT2D eigenvalue weighted by Gasteiger charge is 2.65. The molecule has 0 aromatic heterocycles. The molecular weight excluding hydrogens is 750 g/mol. The van der Waals surface area contributed by atoms with Crippen LogP contribution in [-0.2, 0) is 28.4 Å². The predicted molar refractivity (Wildman–Crippen MR) is 214 cm³/mol. The fraction of sp³-hybridized carbons (Fsp3) is 0.317. The largest absolute Gasteiger partial charge is 0.452 e. The number of esters is 4. The van der Waals surface area contributed by atoms with Gasteiger partial charge in [0.1, 0.15) is 12.2 Å². The van der Waals surface area contributed by atoms with E-state index in [0.717, 1.165) is 24.8 Å². The molecule has 4 aromatic carbocycles. The maximum absolute atomic E-state index is 14.1. The highest BCUT2D eigenvalue weighted by Crippen LogP contribution is 2.48. The number of benzene rings is 4. The van der Waals surface area contributed by atoms with Crippen LogP contribution in [0, 0.1) is 6.92 Å². The van der Waals surface area contributed by atoms with Crippen molar-refractivity contribution in [2.45, 2.75) is 81.4 Å². The molecular formula is C41H45N7O10. The van der Waals surface area contributed by atoms with E-state index in [4.69, 9.17) is 68.6 Å². The third-order valence-electron chi connectivity index (χ3n) is 10.7. The van der Waals surface area contributed by atoms with E-state index < -0.39 is 66.3 Å². The molecule has 1 saturated heterocycles. The van der Waals surface area contributed by atoms with Crippen LogP contribution in [0.15, 0.2) is 72.8 Å². The van der Waals surface area contributed by atoms with Gasteiger partial charge in [0.25, 0.3) is 0 Å². The molecule has 0 unspecified atom stereocenters. The van der Waals surface area contributed by atoms with Crippen LogP contribution in [0.4, 0.5) is 39.8 Å². The average Bonchev–Trinajstić information content (AvgIpc) is 3.56. The number of aryl methyl sites for hydroxylation is 1. The van der Waals surface area contributed by atoms with Gasteiger partial charge in [0, 0.05) is 18.5 Å². The Hall–Kier alpha value is -6.72. The minimum Gasteiger partial charge on any atom is -0.452 e. The van der Waals surface area contributed by atoms with Crippen LogP contribution < -0.4 is 40.1 Å². The van der Waals surface area contributed by atoms with Crippen molar-refractivity contribution < 1.29 is 47.6 Å². The molecule has 3 aliphatic rings. The average molecular weight is 796 g/mol. The number of ether oxygens (including phenoxy) is 6. The van der Waals surface area contributed by atoms with Gasteiger partial charge in [-0.25, -0.2) is 19.2 Å². The standard InChI is InChI=1S/C41H45N7O10/c1-19-5-6-20(15-27(19)45)37(49)55-33-31(53-38(50)21-7-10-24(42)28(46)16-21)32(54-39(51)22-8-11-25(43)29(47)17-22)34(56-40(52)23-9-12-26(44)30(48)18-23)36-35(33)57-41(58-36)13-3-2-4-14-41/h5-12,15-18,31-36H,2-4,13-14,42-48H2,1H3/t31-,32+,33+,34-,35-,36+/m0/s1. The second-order valence-corrected chi connectivity index (χ2v) is 14.7. The van der Waals surface area contributed by atoms with E-state index in [1.807, 2.05) is 0 Å². The van der Waals surface area contributed by atoms with Crippen LogP contribution in [0.3, 0.4) is 0 Å². The SMILES string of the molecule is Cc1ccc(C(=O)O[C@@H]2[C@@H](OC(=O)c3ccc(N)c(N)c3)[C@@H](OC(=O)c3ccc(N)c(N)c3)[C@H](OC(=O)c3ccc(N)c(N)c3)[C@H]3OC4(CCCCC4)O[C@@H]23)cc1N. The summed E-state index contributed by atoms with van der Waals surface area (Å²) in [5.74, 6) is -4.95. The van der Waals surface area contributed by atoms with Crippen molar-refractivity contribution in [3.8, 4) is 0 Å². The first-order valence-corrected chi connectivity index (χ1v) is 18.6. The number of hydrogen-bond donors (Lipinski definition) is 7. The molecule has 7 rings (SSSR count). The van der Waals surface area contributed by atoms with E-state index >= 15 is 0 Å². The molecule has 4 aromatic rings. The maximum atomic E-state index is 14.1. The lowest BCUT2D eigenvalue weighted by molar-refractivity contribution is -0.203. The Kier molecular flexibility index (Phi) is 10.7. The molecule has 3 fully saturated rings. The fourth-order valence-corrected chi connectivity index (χ4v) is 7.42. The van der Waals surface area contributed by atoms with Gasteiger partial charge < -0.3 is 68.6 Å². The molecule has 17 heteroatoms. The van der Waals surface area contributed by atoms with Crippen LogP contribution in [-0.4, -0.2) is 66.3 Å². The van der Waals surface area contributed by atoms with E-state index in [2.05, 4.69) is 0 Å². The highest BCUT2D eigenvalue weighted by atomic mass is 16.8. The van der Waals surface area contributed by atoms with Gasteiger partial charge in [-0.1, -0.05) is 12.5 Å². The number of nitrogens with two attached hydrogens (primary N) is 7. The Balaban J connectivity index is 1.37. The highest BCUT2D eigenvalue weighted by molar-refractivity contribution is 5.94. The lowest BCUT2D eigenvalue weighted by Gasteiger charge is -2.44. The molecule has 0 bridgehead atoms. The minimum atomic E-state index is -1.72. The smallest absolute Gasteiger partial charge is 0.338 e. The summed E-state index contributed by atoms with van der Waals surface area (Å²) in [6.45, 7) is 1.77. The first-order valence-electron chi connectivity index (χ1n) is 18.6. The van der Waals surface area contributed by atoms with Crippen molar-refractivity contribution in [3.63, 3.8) is 0 Å². The van der Waals surface area contributed by atoms with Gasteiger partial charge in [-0.15, -0.1) is 0 Å². The van der Waals surface area contributed by atoms with Crippen LogP contribution in [0.1, 0.15) is 79.1 Å². The van der Waals surface area contributed by atoms with E-state index in [1.54, 1.807) is 13.0 Å². The number of rotatable bonds is 8. The van der Waals surface area contributed by atoms with Gasteiger partial charge in [-0.2, -0.15) is 0 Å². The summed E-state index contributed by atoms with van der Waals surface area (Å²) in [5, 5.41) is 0. The Morgan fingerprint density at radius 1 is 0.466 bits per heavy atom. The first kappa shape index (κ1) is 39.5. The summed E-state index contributed by atoms with van der Waals surface area (Å²) >= 11 is 0. The van der Waals surface area contributed by atoms with E-state index in [0.29, 0.717) is 18.5 Å². The van der Waals surface area contributed by atoms with E-state index in [1.165, 1.54) is 66.7 Å². The minimum absolute atomic E-state index is 0.00216. The Morgan fingerprint density at radius 2 is 0.793 bits per heavy atom. The summed E-state index contributed by atoms with van der Waals surface area (Å²) in [6, 6.07) is 16.9. The Labute approximate surface area is 332 Å². The lowest BCUT2D eigenvalue weighted by Crippen LogP contribution is -2.66. The van der Waals surface area contributed by atoms with Crippen LogP contribution in [0.25, 0.3) is 0 Å². The van der Waals surface area contributed by atoms with Gasteiger partial charge >= 0.3 is 23.9 Å². The summed E-state index contributed by atoms with van der Waals surface area (Å²) in [4.78, 5) is 56.3. The third-order valence-corrected chi connectivity index (χ3v) is 10.7. The van der Waals surface area contributed by atoms with Gasteiger partial charge in [0.05, 0.1) is 56.4 Å². The molecule has 1 heterocycles. The van der Waals surface area contributed by atoms with Crippen molar-refractivity contribution in [2.24, 2.45) is 0 Å². The van der Waals surface area contributed by atoms with Gasteiger partial charge in [0.15, 0.2) is 30.2 Å². The van der Waals surface area contributed by atoms with Crippen LogP contribution in [0.2, 0.25) is 0 Å². The molecule has 17 nitrogen and oxygen atoms in total. The normalized spacial score (nSPS) is 23.3. The van der Waals surface area contributed by atoms with Gasteiger partial charge in [-0.05, 0) is 92.1 Å². The maximum Gasteiger partial charge on any atom is 0.338 e. The molecule has 6 atom stereocenters. The summed E-state index contributed by atoms with van der Waals surface area (Å²) in [5.41, 5.74) is 44.0.